The summed E-state index contributed by atoms with van der Waals surface area (Å²) in [5, 5.41) is 9.32. The van der Waals surface area contributed by atoms with Crippen LogP contribution in [0.4, 0.5) is 5.69 Å². The lowest BCUT2D eigenvalue weighted by molar-refractivity contribution is 0.294. The highest BCUT2D eigenvalue weighted by Crippen LogP contribution is 2.21. The molecule has 0 saturated heterocycles. The van der Waals surface area contributed by atoms with E-state index in [9.17, 15) is 5.26 Å². The van der Waals surface area contributed by atoms with Crippen molar-refractivity contribution in [3.63, 3.8) is 0 Å². The van der Waals surface area contributed by atoms with E-state index in [1.165, 1.54) is 12.8 Å². The molecule has 1 heterocycles. The van der Waals surface area contributed by atoms with E-state index in [0.717, 1.165) is 29.8 Å². The third-order valence-corrected chi connectivity index (χ3v) is 4.04. The minimum Gasteiger partial charge on any atom is -0.491 e. The number of anilines is 1. The van der Waals surface area contributed by atoms with Gasteiger partial charge in [-0.05, 0) is 37.5 Å². The third kappa shape index (κ3) is 4.29. The molecule has 1 aromatic carbocycles. The minimum atomic E-state index is 0.522. The van der Waals surface area contributed by atoms with Gasteiger partial charge < -0.3 is 15.0 Å². The molecule has 0 fully saturated rings. The van der Waals surface area contributed by atoms with Crippen LogP contribution in [0.2, 0.25) is 0 Å². The lowest BCUT2D eigenvalue weighted by atomic mass is 10.1. The molecule has 23 heavy (non-hydrogen) atoms. The third-order valence-electron chi connectivity index (χ3n) is 4.04. The number of hydrogen-bond donors (Lipinski definition) is 1. The molecule has 0 bridgehead atoms. The summed E-state index contributed by atoms with van der Waals surface area (Å²) in [5.41, 5.74) is 9.60. The Morgan fingerprint density at radius 1 is 1.26 bits per heavy atom. The molecule has 2 N–H and O–H groups in total. The van der Waals surface area contributed by atoms with Crippen molar-refractivity contribution in [2.45, 2.75) is 46.1 Å². The highest BCUT2D eigenvalue weighted by Gasteiger charge is 2.13. The normalized spacial score (nSPS) is 10.5. The number of nitrogens with two attached hydrogens (primary N) is 1. The van der Waals surface area contributed by atoms with Crippen LogP contribution < -0.4 is 10.5 Å². The van der Waals surface area contributed by atoms with Crippen LogP contribution in [0.15, 0.2) is 30.3 Å². The maximum atomic E-state index is 9.32. The number of hydrogen-bond acceptors (Lipinski definition) is 3. The van der Waals surface area contributed by atoms with Crippen molar-refractivity contribution < 1.29 is 4.74 Å². The zero-order valence-corrected chi connectivity index (χ0v) is 14.0. The van der Waals surface area contributed by atoms with Crippen LogP contribution in [-0.2, 0) is 13.0 Å². The van der Waals surface area contributed by atoms with Crippen LogP contribution in [0, 0.1) is 18.3 Å². The zero-order valence-electron chi connectivity index (χ0n) is 14.0. The maximum absolute atomic E-state index is 9.32. The summed E-state index contributed by atoms with van der Waals surface area (Å²) in [7, 11) is 0. The van der Waals surface area contributed by atoms with Crippen LogP contribution in [0.1, 0.15) is 43.1 Å². The molecule has 1 aromatic heterocycles. The lowest BCUT2D eigenvalue weighted by Gasteiger charge is -2.13. The number of unbranched alkanes of at least 4 members (excludes halogenated alkanes) is 2. The molecule has 0 amide bonds. The van der Waals surface area contributed by atoms with Gasteiger partial charge in [0.2, 0.25) is 0 Å². The number of ether oxygens (including phenoxy) is 1. The SMILES string of the molecule is CCCCCc1c(N)cc(C#N)n1CCOc1ccccc1C. The molecule has 0 radical (unpaired) electrons. The predicted molar refractivity (Wildman–Crippen MR) is 93.5 cm³/mol. The molecule has 4 nitrogen and oxygen atoms in total. The largest absolute Gasteiger partial charge is 0.491 e. The Morgan fingerprint density at radius 3 is 2.74 bits per heavy atom. The number of nitrogens with zero attached hydrogens (tertiary/aromatic N) is 2. The second-order valence-electron chi connectivity index (χ2n) is 5.77. The van der Waals surface area contributed by atoms with Gasteiger partial charge >= 0.3 is 0 Å². The Labute approximate surface area is 138 Å². The van der Waals surface area contributed by atoms with E-state index in [2.05, 4.69) is 13.0 Å². The van der Waals surface area contributed by atoms with E-state index in [1.807, 2.05) is 35.8 Å². The van der Waals surface area contributed by atoms with Gasteiger partial charge in [0.15, 0.2) is 0 Å². The van der Waals surface area contributed by atoms with Crippen LogP contribution in [0.3, 0.4) is 0 Å². The second kappa shape index (κ2) is 8.28. The summed E-state index contributed by atoms with van der Waals surface area (Å²) < 4.78 is 7.86. The van der Waals surface area contributed by atoms with E-state index in [-0.39, 0.29) is 0 Å². The Bertz CT molecular complexity index is 682. The van der Waals surface area contributed by atoms with Gasteiger partial charge in [-0.25, -0.2) is 0 Å². The maximum Gasteiger partial charge on any atom is 0.122 e. The molecule has 0 aliphatic carbocycles. The summed E-state index contributed by atoms with van der Waals surface area (Å²) in [6, 6.07) is 12.0. The van der Waals surface area contributed by atoms with E-state index in [4.69, 9.17) is 10.5 Å². The average Bonchev–Trinajstić information content (AvgIpc) is 2.85. The second-order valence-corrected chi connectivity index (χ2v) is 5.77. The van der Waals surface area contributed by atoms with Gasteiger partial charge in [-0.2, -0.15) is 5.26 Å². The highest BCUT2D eigenvalue weighted by molar-refractivity contribution is 5.50. The average molecular weight is 311 g/mol. The first-order valence-electron chi connectivity index (χ1n) is 8.23. The standard InChI is InChI=1S/C19H25N3O/c1-3-4-5-9-18-17(21)13-16(14-20)22(18)11-12-23-19-10-7-6-8-15(19)2/h6-8,10,13H,3-5,9,11-12,21H2,1-2H3. The van der Waals surface area contributed by atoms with E-state index in [0.29, 0.717) is 24.5 Å². The number of para-hydroxylation sites is 1. The molecular weight excluding hydrogens is 286 g/mol. The van der Waals surface area contributed by atoms with Crippen molar-refractivity contribution in [1.29, 1.82) is 5.26 Å². The molecule has 0 saturated carbocycles. The molecule has 2 aromatic rings. The first kappa shape index (κ1) is 17.0. The van der Waals surface area contributed by atoms with E-state index < -0.39 is 0 Å². The number of nitriles is 1. The van der Waals surface area contributed by atoms with Gasteiger partial charge in [-0.15, -0.1) is 0 Å². The van der Waals surface area contributed by atoms with Gasteiger partial charge in [0, 0.05) is 5.69 Å². The number of aryl methyl sites for hydroxylation is 1. The summed E-state index contributed by atoms with van der Waals surface area (Å²) in [4.78, 5) is 0. The molecule has 2 rings (SSSR count). The van der Waals surface area contributed by atoms with Gasteiger partial charge in [0.05, 0.1) is 12.2 Å². The Morgan fingerprint density at radius 2 is 2.04 bits per heavy atom. The summed E-state index contributed by atoms with van der Waals surface area (Å²) in [6.45, 7) is 5.36. The van der Waals surface area contributed by atoms with Gasteiger partial charge in [0.1, 0.15) is 24.1 Å². The molecule has 0 unspecified atom stereocenters. The molecule has 0 spiro atoms. The molecule has 122 valence electrons. The van der Waals surface area contributed by atoms with Crippen LogP contribution >= 0.6 is 0 Å². The number of benzene rings is 1. The topological polar surface area (TPSA) is 64.0 Å². The van der Waals surface area contributed by atoms with Crippen LogP contribution in [0.5, 0.6) is 5.75 Å². The quantitative estimate of drug-likeness (QED) is 0.748. The first-order valence-corrected chi connectivity index (χ1v) is 8.23. The predicted octanol–water partition coefficient (Wildman–Crippen LogP) is 4.06. The molecule has 0 aliphatic rings. The van der Waals surface area contributed by atoms with Crippen molar-refractivity contribution in [2.75, 3.05) is 12.3 Å². The van der Waals surface area contributed by atoms with Crippen molar-refractivity contribution in [3.8, 4) is 11.8 Å². The molecular formula is C19H25N3O. The van der Waals surface area contributed by atoms with Crippen molar-refractivity contribution in [3.05, 3.63) is 47.3 Å². The minimum absolute atomic E-state index is 0.522. The zero-order chi connectivity index (χ0) is 16.7. The monoisotopic (exact) mass is 311 g/mol. The number of nitrogen functional groups attached to an aromatic ring is 1. The number of aromatic nitrogens is 1. The molecule has 4 heteroatoms. The first-order chi connectivity index (χ1) is 11.2. The summed E-state index contributed by atoms with van der Waals surface area (Å²) in [6.07, 6.45) is 4.34. The van der Waals surface area contributed by atoms with Crippen molar-refractivity contribution >= 4 is 5.69 Å². The molecule has 0 atom stereocenters. The van der Waals surface area contributed by atoms with Crippen molar-refractivity contribution in [2.24, 2.45) is 0 Å². The smallest absolute Gasteiger partial charge is 0.122 e. The Balaban J connectivity index is 2.06. The Hall–Kier alpha value is -2.41. The summed E-state index contributed by atoms with van der Waals surface area (Å²) in [5.74, 6) is 0.888. The fourth-order valence-electron chi connectivity index (χ4n) is 2.74. The number of rotatable bonds is 8. The Kier molecular flexibility index (Phi) is 6.10. The van der Waals surface area contributed by atoms with Gasteiger partial charge in [0.25, 0.3) is 0 Å². The fourth-order valence-corrected chi connectivity index (χ4v) is 2.74. The van der Waals surface area contributed by atoms with Gasteiger partial charge in [-0.3, -0.25) is 0 Å². The highest BCUT2D eigenvalue weighted by atomic mass is 16.5. The fraction of sp³-hybridized carbons (Fsp3) is 0.421. The summed E-state index contributed by atoms with van der Waals surface area (Å²) >= 11 is 0. The lowest BCUT2D eigenvalue weighted by Crippen LogP contribution is -2.13. The van der Waals surface area contributed by atoms with E-state index >= 15 is 0 Å². The van der Waals surface area contributed by atoms with Crippen LogP contribution in [0.25, 0.3) is 0 Å². The van der Waals surface area contributed by atoms with Crippen molar-refractivity contribution in [1.82, 2.24) is 4.57 Å². The van der Waals surface area contributed by atoms with Crippen LogP contribution in [-0.4, -0.2) is 11.2 Å². The van der Waals surface area contributed by atoms with Gasteiger partial charge in [-0.1, -0.05) is 38.0 Å². The van der Waals surface area contributed by atoms with E-state index in [1.54, 1.807) is 6.07 Å². The molecule has 0 aliphatic heterocycles.